The van der Waals surface area contributed by atoms with E-state index in [2.05, 4.69) is 43.5 Å². The Kier molecular flexibility index (Phi) is 46.4. The molecule has 1 fully saturated rings. The summed E-state index contributed by atoms with van der Waals surface area (Å²) in [5.41, 5.74) is 0. The summed E-state index contributed by atoms with van der Waals surface area (Å²) >= 11 is 0. The number of rotatable bonds is 50. The minimum Gasteiger partial charge on any atom is -0.394 e. The Morgan fingerprint density at radius 1 is 0.485 bits per heavy atom. The lowest BCUT2D eigenvalue weighted by Crippen LogP contribution is -2.60. The Morgan fingerprint density at radius 2 is 0.838 bits per heavy atom. The number of amides is 1. The Labute approximate surface area is 419 Å². The van der Waals surface area contributed by atoms with Crippen LogP contribution in [0, 0.1) is 0 Å². The third-order valence-corrected chi connectivity index (χ3v) is 13.9. The van der Waals surface area contributed by atoms with Gasteiger partial charge in [-0.05, 0) is 57.8 Å². The summed E-state index contributed by atoms with van der Waals surface area (Å²) in [4.78, 5) is 13.0. The third-order valence-electron chi connectivity index (χ3n) is 13.9. The molecule has 0 aromatic rings. The fourth-order valence-electron chi connectivity index (χ4n) is 9.29. The van der Waals surface area contributed by atoms with Gasteiger partial charge in [0.15, 0.2) is 6.29 Å². The first kappa shape index (κ1) is 64.4. The molecule has 0 aliphatic carbocycles. The van der Waals surface area contributed by atoms with Crippen molar-refractivity contribution < 1.29 is 39.8 Å². The highest BCUT2D eigenvalue weighted by Crippen LogP contribution is 2.23. The zero-order valence-electron chi connectivity index (χ0n) is 44.4. The number of aliphatic hydroxyl groups is 5. The summed E-state index contributed by atoms with van der Waals surface area (Å²) in [6.07, 6.45) is 56.4. The molecule has 68 heavy (non-hydrogen) atoms. The topological polar surface area (TPSA) is 149 Å². The second-order valence-corrected chi connectivity index (χ2v) is 20.4. The van der Waals surface area contributed by atoms with Gasteiger partial charge in [-0.15, -0.1) is 0 Å². The van der Waals surface area contributed by atoms with Crippen molar-refractivity contribution in [1.82, 2.24) is 5.32 Å². The summed E-state index contributed by atoms with van der Waals surface area (Å²) in [7, 11) is 0. The van der Waals surface area contributed by atoms with E-state index in [4.69, 9.17) is 9.47 Å². The van der Waals surface area contributed by atoms with Crippen LogP contribution in [0.5, 0.6) is 0 Å². The average Bonchev–Trinajstić information content (AvgIpc) is 3.34. The standard InChI is InChI=1S/C59H111NO8/c1-3-5-7-9-11-13-15-17-19-21-23-25-26-27-29-30-32-34-36-38-40-42-44-46-48-53(62)52(51-67-59-58(66)57(65)56(64)54(50-61)68-59)60-55(63)49-47-45-43-41-39-37-35-33-31-28-24-22-20-18-16-14-12-10-8-6-4-2/h22,24,38,40,46,48,52-54,56-59,61-62,64-66H,3-21,23,25-37,39,41-45,47,49-51H2,1-2H3,(H,60,63)/b24-22-,40-38+,48-46+. The smallest absolute Gasteiger partial charge is 0.220 e. The molecule has 400 valence electrons. The molecule has 7 atom stereocenters. The van der Waals surface area contributed by atoms with Crippen molar-refractivity contribution >= 4 is 5.91 Å². The minimum atomic E-state index is -1.57. The predicted octanol–water partition coefficient (Wildman–Crippen LogP) is 14.4. The van der Waals surface area contributed by atoms with E-state index in [-0.39, 0.29) is 12.5 Å². The number of allylic oxidation sites excluding steroid dienone is 5. The average molecular weight is 963 g/mol. The van der Waals surface area contributed by atoms with Gasteiger partial charge in [-0.1, -0.05) is 249 Å². The molecule has 1 saturated heterocycles. The minimum absolute atomic E-state index is 0.186. The quantitative estimate of drug-likeness (QED) is 0.0261. The van der Waals surface area contributed by atoms with E-state index < -0.39 is 49.5 Å². The summed E-state index contributed by atoms with van der Waals surface area (Å²) in [6, 6.07) is -0.823. The molecule has 1 amide bonds. The van der Waals surface area contributed by atoms with Crippen LogP contribution in [-0.4, -0.2) is 87.5 Å². The second-order valence-electron chi connectivity index (χ2n) is 20.4. The maximum Gasteiger partial charge on any atom is 0.220 e. The first-order valence-electron chi connectivity index (χ1n) is 29.2. The van der Waals surface area contributed by atoms with Gasteiger partial charge in [-0.2, -0.15) is 0 Å². The maximum absolute atomic E-state index is 13.0. The van der Waals surface area contributed by atoms with Crippen LogP contribution >= 0.6 is 0 Å². The monoisotopic (exact) mass is 962 g/mol. The largest absolute Gasteiger partial charge is 0.394 e. The van der Waals surface area contributed by atoms with Gasteiger partial charge in [0.1, 0.15) is 24.4 Å². The van der Waals surface area contributed by atoms with Crippen molar-refractivity contribution in [2.24, 2.45) is 0 Å². The van der Waals surface area contributed by atoms with Crippen LogP contribution in [0.4, 0.5) is 0 Å². The van der Waals surface area contributed by atoms with Crippen molar-refractivity contribution in [1.29, 1.82) is 0 Å². The van der Waals surface area contributed by atoms with Crippen LogP contribution < -0.4 is 5.32 Å². The molecule has 9 nitrogen and oxygen atoms in total. The predicted molar refractivity (Wildman–Crippen MR) is 286 cm³/mol. The SMILES string of the molecule is CCCCCCCCCC/C=C\CCCCCCCCCCCC(=O)NC(COC1OC(CO)C(O)C(O)C1O)C(O)/C=C/CC/C=C/CCCCCCCCCCCCCCCCCCCC. The molecule has 0 saturated carbocycles. The Bertz CT molecular complexity index is 1160. The van der Waals surface area contributed by atoms with Gasteiger partial charge < -0.3 is 40.3 Å². The molecule has 1 heterocycles. The zero-order valence-corrected chi connectivity index (χ0v) is 44.4. The molecule has 0 aromatic heterocycles. The molecule has 1 aliphatic rings. The van der Waals surface area contributed by atoms with Crippen LogP contribution in [0.25, 0.3) is 0 Å². The van der Waals surface area contributed by atoms with Gasteiger partial charge in [0.2, 0.25) is 5.91 Å². The van der Waals surface area contributed by atoms with E-state index in [1.807, 2.05) is 6.08 Å². The van der Waals surface area contributed by atoms with Crippen molar-refractivity contribution in [2.75, 3.05) is 13.2 Å². The fourth-order valence-corrected chi connectivity index (χ4v) is 9.29. The molecule has 0 radical (unpaired) electrons. The number of ether oxygens (including phenoxy) is 2. The molecule has 7 unspecified atom stereocenters. The number of unbranched alkanes of at least 4 members (excludes halogenated alkanes) is 36. The Balaban J connectivity index is 2.25. The summed E-state index contributed by atoms with van der Waals surface area (Å²) in [5.74, 6) is -0.186. The van der Waals surface area contributed by atoms with Gasteiger partial charge in [-0.25, -0.2) is 0 Å². The van der Waals surface area contributed by atoms with E-state index in [0.717, 1.165) is 38.5 Å². The van der Waals surface area contributed by atoms with Gasteiger partial charge in [0, 0.05) is 6.42 Å². The molecular weight excluding hydrogens is 851 g/mol. The summed E-state index contributed by atoms with van der Waals surface area (Å²) in [5, 5.41) is 54.5. The first-order valence-corrected chi connectivity index (χ1v) is 29.2. The lowest BCUT2D eigenvalue weighted by Gasteiger charge is -2.40. The number of nitrogens with one attached hydrogen (secondary N) is 1. The first-order chi connectivity index (χ1) is 33.3. The molecule has 0 spiro atoms. The maximum atomic E-state index is 13.0. The molecule has 0 bridgehead atoms. The van der Waals surface area contributed by atoms with E-state index in [1.165, 1.54) is 218 Å². The lowest BCUT2D eigenvalue weighted by atomic mass is 9.99. The van der Waals surface area contributed by atoms with Crippen LogP contribution in [0.2, 0.25) is 0 Å². The number of hydrogen-bond acceptors (Lipinski definition) is 8. The fraction of sp³-hybridized carbons (Fsp3) is 0.881. The second kappa shape index (κ2) is 49.0. The van der Waals surface area contributed by atoms with E-state index in [0.29, 0.717) is 6.42 Å². The molecule has 6 N–H and O–H groups in total. The number of carbonyl (C=O) groups excluding carboxylic acids is 1. The van der Waals surface area contributed by atoms with Crippen LogP contribution in [0.15, 0.2) is 36.5 Å². The molecule has 1 rings (SSSR count). The van der Waals surface area contributed by atoms with Crippen molar-refractivity contribution in [3.63, 3.8) is 0 Å². The van der Waals surface area contributed by atoms with Crippen LogP contribution in [0.1, 0.15) is 277 Å². The van der Waals surface area contributed by atoms with E-state index in [1.54, 1.807) is 6.08 Å². The lowest BCUT2D eigenvalue weighted by molar-refractivity contribution is -0.302. The number of aliphatic hydroxyl groups excluding tert-OH is 5. The van der Waals surface area contributed by atoms with Gasteiger partial charge in [-0.3, -0.25) is 4.79 Å². The van der Waals surface area contributed by atoms with Crippen LogP contribution in [0.3, 0.4) is 0 Å². The van der Waals surface area contributed by atoms with Gasteiger partial charge >= 0.3 is 0 Å². The molecular formula is C59H111NO8. The number of carbonyl (C=O) groups is 1. The normalized spacial score (nSPS) is 19.8. The third kappa shape index (κ3) is 38.1. The van der Waals surface area contributed by atoms with E-state index >= 15 is 0 Å². The van der Waals surface area contributed by atoms with Crippen molar-refractivity contribution in [2.45, 2.75) is 320 Å². The molecule has 9 heteroatoms. The molecule has 1 aliphatic heterocycles. The highest BCUT2D eigenvalue weighted by atomic mass is 16.7. The highest BCUT2D eigenvalue weighted by molar-refractivity contribution is 5.76. The Hall–Kier alpha value is -1.59. The highest BCUT2D eigenvalue weighted by Gasteiger charge is 2.44. The van der Waals surface area contributed by atoms with Gasteiger partial charge in [0.05, 0.1) is 25.4 Å². The summed E-state index contributed by atoms with van der Waals surface area (Å²) in [6.45, 7) is 3.79. The molecule has 0 aromatic carbocycles. The Morgan fingerprint density at radius 3 is 1.24 bits per heavy atom. The summed E-state index contributed by atoms with van der Waals surface area (Å²) < 4.78 is 11.3. The van der Waals surface area contributed by atoms with Crippen molar-refractivity contribution in [3.05, 3.63) is 36.5 Å². The zero-order chi connectivity index (χ0) is 49.4. The number of hydrogen-bond donors (Lipinski definition) is 6. The van der Waals surface area contributed by atoms with Crippen molar-refractivity contribution in [3.8, 4) is 0 Å². The van der Waals surface area contributed by atoms with Crippen LogP contribution in [-0.2, 0) is 14.3 Å². The van der Waals surface area contributed by atoms with E-state index in [9.17, 15) is 30.3 Å². The van der Waals surface area contributed by atoms with Gasteiger partial charge in [0.25, 0.3) is 0 Å².